The van der Waals surface area contributed by atoms with Crippen molar-refractivity contribution in [2.45, 2.75) is 147 Å². The molecule has 2 aromatic rings. The summed E-state index contributed by atoms with van der Waals surface area (Å²) < 4.78 is 471. The second-order valence-corrected chi connectivity index (χ2v) is 16.7. The van der Waals surface area contributed by atoms with Gasteiger partial charge in [-0.25, -0.2) is 0 Å². The first-order valence-electron chi connectivity index (χ1n) is 20.4. The third-order valence-electron chi connectivity index (χ3n) is 11.6. The number of carbonyl (C=O) groups excluding carboxylic acids is 2. The molecule has 0 radical (unpaired) electrons. The summed E-state index contributed by atoms with van der Waals surface area (Å²) >= 11 is 0. The molecule has 0 aliphatic heterocycles. The van der Waals surface area contributed by atoms with Gasteiger partial charge >= 0.3 is 107 Å². The average Bonchev–Trinajstić information content (AvgIpc) is 3.29. The van der Waals surface area contributed by atoms with E-state index in [0.29, 0.717) is 0 Å². The van der Waals surface area contributed by atoms with Gasteiger partial charge in [0.2, 0.25) is 0 Å². The van der Waals surface area contributed by atoms with Crippen LogP contribution in [0.15, 0.2) is 60.7 Å². The van der Waals surface area contributed by atoms with Gasteiger partial charge in [-0.3, -0.25) is 9.59 Å². The first kappa shape index (κ1) is 69.1. The van der Waals surface area contributed by atoms with E-state index in [4.69, 9.17) is 0 Å². The van der Waals surface area contributed by atoms with Crippen LogP contribution in [0, 0.1) is 0 Å². The monoisotopic (exact) mass is 1220 g/mol. The Balaban J connectivity index is 2.65. The fraction of sp³-hybridized carbons (Fsp3) is 0.650. The fourth-order valence-electron chi connectivity index (χ4n) is 6.66. The molecule has 0 spiro atoms. The molecule has 2 atom stereocenters. The highest BCUT2D eigenvalue weighted by atomic mass is 19.4. The molecule has 2 aromatic carbocycles. The van der Waals surface area contributed by atoms with Crippen molar-refractivity contribution < 1.29 is 159 Å². The number of benzene rings is 2. The number of rotatable bonds is 24. The van der Waals surface area contributed by atoms with Crippen LogP contribution in [0.1, 0.15) is 62.7 Å². The molecule has 38 heteroatoms. The number of alkyl halides is 34. The Kier molecular flexibility index (Phi) is 18.7. The summed E-state index contributed by atoms with van der Waals surface area (Å²) in [5.74, 6) is -123. The molecule has 4 nitrogen and oxygen atoms in total. The Morgan fingerprint density at radius 1 is 0.321 bits per heavy atom. The van der Waals surface area contributed by atoms with E-state index in [1.165, 1.54) is 12.1 Å². The number of carbonyl (C=O) groups is 2. The predicted molar refractivity (Wildman–Crippen MR) is 193 cm³/mol. The average molecular weight is 1220 g/mol. The smallest absolute Gasteiger partial charge is 0.328 e. The molecule has 0 heterocycles. The molecular formula is C40H30F34N2O2. The molecule has 78 heavy (non-hydrogen) atoms. The molecule has 0 aliphatic rings. The largest absolute Gasteiger partial charge is 0.460 e. The molecule has 0 saturated carbocycles. The highest BCUT2D eigenvalue weighted by molar-refractivity contribution is 6.35. The summed E-state index contributed by atoms with van der Waals surface area (Å²) in [6.45, 7) is -2.21. The van der Waals surface area contributed by atoms with Crippen molar-refractivity contribution in [3.05, 3.63) is 71.8 Å². The molecule has 0 unspecified atom stereocenters. The van der Waals surface area contributed by atoms with E-state index >= 15 is 0 Å². The van der Waals surface area contributed by atoms with Gasteiger partial charge in [-0.05, 0) is 37.8 Å². The Morgan fingerprint density at radius 3 is 0.718 bits per heavy atom. The van der Waals surface area contributed by atoms with Gasteiger partial charge in [-0.2, -0.15) is 149 Å². The van der Waals surface area contributed by atoms with E-state index in [9.17, 15) is 159 Å². The quantitative estimate of drug-likeness (QED) is 0.0776. The van der Waals surface area contributed by atoms with E-state index in [1.54, 1.807) is 0 Å². The van der Waals surface area contributed by atoms with E-state index in [-0.39, 0.29) is 20.9 Å². The van der Waals surface area contributed by atoms with Gasteiger partial charge in [-0.1, -0.05) is 60.7 Å². The van der Waals surface area contributed by atoms with Crippen LogP contribution in [-0.2, 0) is 9.59 Å². The minimum Gasteiger partial charge on any atom is -0.328 e. The van der Waals surface area contributed by atoms with Gasteiger partial charge < -0.3 is 9.80 Å². The van der Waals surface area contributed by atoms with Crippen LogP contribution >= 0.6 is 0 Å². The van der Waals surface area contributed by atoms with Crippen molar-refractivity contribution in [2.24, 2.45) is 0 Å². The van der Waals surface area contributed by atoms with Crippen LogP contribution in [0.2, 0.25) is 0 Å². The topological polar surface area (TPSA) is 40.6 Å². The van der Waals surface area contributed by atoms with Gasteiger partial charge in [0.15, 0.2) is 0 Å². The first-order valence-corrected chi connectivity index (χ1v) is 20.4. The zero-order valence-corrected chi connectivity index (χ0v) is 37.7. The van der Waals surface area contributed by atoms with Crippen LogP contribution in [0.5, 0.6) is 0 Å². The number of hydrogen-bond donors (Lipinski definition) is 0. The molecule has 0 N–H and O–H groups in total. The van der Waals surface area contributed by atoms with Crippen molar-refractivity contribution in [3.63, 3.8) is 0 Å². The molecule has 0 bridgehead atoms. The minimum absolute atomic E-state index is 0.124. The summed E-state index contributed by atoms with van der Waals surface area (Å²) in [6.07, 6.45) is -26.8. The lowest BCUT2D eigenvalue weighted by Gasteiger charge is -2.43. The van der Waals surface area contributed by atoms with Crippen molar-refractivity contribution in [1.29, 1.82) is 0 Å². The Bertz CT molecular complexity index is 2200. The molecule has 0 aromatic heterocycles. The maximum absolute atomic E-state index is 14.9. The Labute approximate surface area is 412 Å². The Hall–Kier alpha value is -5.00. The first-order chi connectivity index (χ1) is 34.3. The molecule has 450 valence electrons. The zero-order valence-electron chi connectivity index (χ0n) is 37.7. The number of nitrogens with zero attached hydrogens (tertiary/aromatic N) is 2. The van der Waals surface area contributed by atoms with Crippen molar-refractivity contribution >= 4 is 11.8 Å². The van der Waals surface area contributed by atoms with Gasteiger partial charge in [0, 0.05) is 25.9 Å². The number of halogens is 34. The van der Waals surface area contributed by atoms with Crippen LogP contribution in [-0.4, -0.2) is 130 Å². The third-order valence-corrected chi connectivity index (χ3v) is 11.6. The lowest BCUT2D eigenvalue weighted by Crippen LogP contribution is -2.74. The van der Waals surface area contributed by atoms with Gasteiger partial charge in [-0.15, -0.1) is 0 Å². The number of amides is 2. The standard InChI is InChI=1S/C40H30F34N2O2/c1-19(21-11-5-3-6-12-21)75(17-9-15-25(41,42)27(45,46)29(49,50)31(53,54)33(57,58)35(61,62)37(65,66)39(69,70)71)23(77)24(78)76(20(2)22-13-7-4-8-14-22)18-10-16-26(43,44)28(47,48)30(51,52)32(55,56)34(59,60)36(63,64)38(67,68)40(72,73)74/h3-8,11-14,19-20H,9-10,15-18H2,1-2H3/t19-,20-/m1/s1. The van der Waals surface area contributed by atoms with Crippen LogP contribution < -0.4 is 0 Å². The van der Waals surface area contributed by atoms with Crippen molar-refractivity contribution in [1.82, 2.24) is 9.80 Å². The minimum atomic E-state index is -9.00. The second kappa shape index (κ2) is 21.1. The molecule has 0 aliphatic carbocycles. The number of hydrogen-bond acceptors (Lipinski definition) is 2. The van der Waals surface area contributed by atoms with E-state index in [1.807, 2.05) is 0 Å². The maximum atomic E-state index is 14.9. The highest BCUT2D eigenvalue weighted by Gasteiger charge is 2.97. The summed E-state index contributed by atoms with van der Waals surface area (Å²) in [5, 5.41) is 0. The van der Waals surface area contributed by atoms with Crippen molar-refractivity contribution in [2.75, 3.05) is 13.1 Å². The van der Waals surface area contributed by atoms with Crippen LogP contribution in [0.25, 0.3) is 0 Å². The third kappa shape index (κ3) is 10.9. The molecule has 2 amide bonds. The van der Waals surface area contributed by atoms with Gasteiger partial charge in [0.05, 0.1) is 12.1 Å². The maximum Gasteiger partial charge on any atom is 0.460 e. The highest BCUT2D eigenvalue weighted by Crippen LogP contribution is 2.66. The van der Waals surface area contributed by atoms with Gasteiger partial charge in [0.1, 0.15) is 0 Å². The lowest BCUT2D eigenvalue weighted by atomic mass is 9.88. The predicted octanol–water partition coefficient (Wildman–Crippen LogP) is 15.7. The summed E-state index contributed by atoms with van der Waals surface area (Å²) in [6, 6.07) is 6.50. The van der Waals surface area contributed by atoms with Crippen LogP contribution in [0.4, 0.5) is 149 Å². The molecular weight excluding hydrogens is 1190 g/mol. The SMILES string of the molecule is C[C@H](c1ccccc1)N(CCCC(F)(F)C(F)(F)C(F)(F)C(F)(F)C(F)(F)C(F)(F)C(F)(F)C(F)(F)F)C(=O)C(=O)N(CCCC(F)(F)C(F)(F)C(F)(F)C(F)(F)C(F)(F)C(F)(F)C(F)(F)C(F)(F)F)[C@H](C)c1ccccc1. The van der Waals surface area contributed by atoms with Crippen LogP contribution in [0.3, 0.4) is 0 Å². The zero-order chi connectivity index (χ0) is 61.9. The molecule has 0 saturated heterocycles. The van der Waals surface area contributed by atoms with Gasteiger partial charge in [0.25, 0.3) is 0 Å². The van der Waals surface area contributed by atoms with E-state index in [2.05, 4.69) is 0 Å². The second-order valence-electron chi connectivity index (χ2n) is 16.7. The Morgan fingerprint density at radius 2 is 0.513 bits per heavy atom. The van der Waals surface area contributed by atoms with E-state index in [0.717, 1.165) is 62.4 Å². The summed E-state index contributed by atoms with van der Waals surface area (Å²) in [4.78, 5) is 27.5. The molecule has 0 fully saturated rings. The fourth-order valence-corrected chi connectivity index (χ4v) is 6.66. The summed E-state index contributed by atoms with van der Waals surface area (Å²) in [5.41, 5.74) is -0.651. The van der Waals surface area contributed by atoms with E-state index < -0.39 is 158 Å². The van der Waals surface area contributed by atoms with Crippen molar-refractivity contribution in [3.8, 4) is 0 Å². The molecule has 2 rings (SSSR count). The lowest BCUT2D eigenvalue weighted by molar-refractivity contribution is -0.461. The summed E-state index contributed by atoms with van der Waals surface area (Å²) in [7, 11) is 0. The normalized spacial score (nSPS) is 16.0.